The summed E-state index contributed by atoms with van der Waals surface area (Å²) < 4.78 is 0. The molecule has 3 aromatic rings. The minimum atomic E-state index is -0.519. The molecule has 1 N–H and O–H groups in total. The van der Waals surface area contributed by atoms with Crippen molar-refractivity contribution < 1.29 is 14.4 Å². The Balaban J connectivity index is 1.34. The van der Waals surface area contributed by atoms with Gasteiger partial charge in [0.05, 0.1) is 0 Å². The van der Waals surface area contributed by atoms with Gasteiger partial charge in [-0.2, -0.15) is 0 Å². The first-order valence-corrected chi connectivity index (χ1v) is 10.2. The maximum atomic E-state index is 12.6. The Labute approximate surface area is 181 Å². The Hall–Kier alpha value is -3.93. The van der Waals surface area contributed by atoms with Crippen LogP contribution in [-0.4, -0.2) is 35.7 Å². The van der Waals surface area contributed by atoms with Crippen molar-refractivity contribution in [2.75, 3.05) is 18.0 Å². The Bertz CT molecular complexity index is 1070. The molecule has 0 spiro atoms. The molecule has 1 fully saturated rings. The monoisotopic (exact) mass is 413 g/mol. The molecule has 0 saturated carbocycles. The fraction of sp³-hybridized carbons (Fsp3) is 0.160. The van der Waals surface area contributed by atoms with E-state index in [0.29, 0.717) is 31.7 Å². The smallest absolute Gasteiger partial charge is 0.316 e. The fourth-order valence-corrected chi connectivity index (χ4v) is 3.54. The van der Waals surface area contributed by atoms with E-state index < -0.39 is 11.8 Å². The van der Waals surface area contributed by atoms with E-state index in [1.54, 1.807) is 17.0 Å². The number of amides is 3. The number of hydrogen-bond acceptors (Lipinski definition) is 3. The minimum absolute atomic E-state index is 0.155. The van der Waals surface area contributed by atoms with Crippen molar-refractivity contribution in [3.05, 3.63) is 102 Å². The first-order chi connectivity index (χ1) is 15.1. The van der Waals surface area contributed by atoms with Crippen LogP contribution >= 0.6 is 0 Å². The van der Waals surface area contributed by atoms with Gasteiger partial charge in [-0.25, -0.2) is 0 Å². The van der Waals surface area contributed by atoms with E-state index in [1.165, 1.54) is 4.90 Å². The minimum Gasteiger partial charge on any atom is -0.348 e. The molecular weight excluding hydrogens is 390 g/mol. The first kappa shape index (κ1) is 20.3. The summed E-state index contributed by atoms with van der Waals surface area (Å²) in [6, 6.07) is 26.0. The summed E-state index contributed by atoms with van der Waals surface area (Å²) in [6.07, 6.45) is 0. The molecule has 1 saturated heterocycles. The maximum Gasteiger partial charge on any atom is 0.316 e. The van der Waals surface area contributed by atoms with E-state index >= 15 is 0 Å². The van der Waals surface area contributed by atoms with Crippen LogP contribution in [0.15, 0.2) is 84.9 Å². The summed E-state index contributed by atoms with van der Waals surface area (Å²) in [6.45, 7) is 1.70. The zero-order valence-corrected chi connectivity index (χ0v) is 17.0. The molecule has 4 rings (SSSR count). The molecule has 3 aromatic carbocycles. The molecule has 0 aliphatic carbocycles. The van der Waals surface area contributed by atoms with Crippen LogP contribution in [-0.2, 0) is 22.7 Å². The largest absolute Gasteiger partial charge is 0.348 e. The summed E-state index contributed by atoms with van der Waals surface area (Å²) in [5.41, 5.74) is 3.18. The maximum absolute atomic E-state index is 12.6. The quantitative estimate of drug-likeness (QED) is 0.632. The van der Waals surface area contributed by atoms with E-state index in [4.69, 9.17) is 0 Å². The molecule has 1 aliphatic rings. The first-order valence-electron chi connectivity index (χ1n) is 10.2. The van der Waals surface area contributed by atoms with Crippen molar-refractivity contribution in [1.82, 2.24) is 10.2 Å². The summed E-state index contributed by atoms with van der Waals surface area (Å²) in [7, 11) is 0. The second-order valence-corrected chi connectivity index (χ2v) is 7.38. The van der Waals surface area contributed by atoms with E-state index in [0.717, 1.165) is 16.8 Å². The number of nitrogens with one attached hydrogen (secondary N) is 1. The Morgan fingerprint density at radius 3 is 2.06 bits per heavy atom. The fourth-order valence-electron chi connectivity index (χ4n) is 3.54. The second kappa shape index (κ2) is 9.26. The highest BCUT2D eigenvalue weighted by molar-refractivity contribution is 6.40. The number of carbonyl (C=O) groups excluding carboxylic acids is 3. The van der Waals surface area contributed by atoms with Crippen molar-refractivity contribution in [3.8, 4) is 0 Å². The van der Waals surface area contributed by atoms with Gasteiger partial charge in [0.15, 0.2) is 0 Å². The molecule has 1 aliphatic heterocycles. The van der Waals surface area contributed by atoms with Gasteiger partial charge in [-0.3, -0.25) is 14.4 Å². The van der Waals surface area contributed by atoms with Gasteiger partial charge in [-0.05, 0) is 35.4 Å². The number of para-hydroxylation sites is 1. The van der Waals surface area contributed by atoms with Crippen LogP contribution in [0.25, 0.3) is 0 Å². The molecule has 0 radical (unpaired) electrons. The molecule has 0 bridgehead atoms. The standard InChI is InChI=1S/C25H23N3O3/c29-23(26-17-19-7-3-1-4-8-19)21-13-11-20(12-14-21)18-27-15-16-28(25(31)24(27)30)22-9-5-2-6-10-22/h1-14H,15-18H2,(H,26,29). The van der Waals surface area contributed by atoms with Gasteiger partial charge in [0, 0.05) is 37.4 Å². The number of piperazine rings is 1. The average molecular weight is 413 g/mol. The Kier molecular flexibility index (Phi) is 6.08. The van der Waals surface area contributed by atoms with Crippen LogP contribution < -0.4 is 10.2 Å². The van der Waals surface area contributed by atoms with Gasteiger partial charge in [0.1, 0.15) is 0 Å². The normalized spacial score (nSPS) is 13.9. The molecule has 156 valence electrons. The number of carbonyl (C=O) groups is 3. The van der Waals surface area contributed by atoms with Gasteiger partial charge < -0.3 is 15.1 Å². The lowest BCUT2D eigenvalue weighted by Crippen LogP contribution is -2.54. The third-order valence-electron chi connectivity index (χ3n) is 5.26. The average Bonchev–Trinajstić information content (AvgIpc) is 2.82. The van der Waals surface area contributed by atoms with Crippen LogP contribution in [0.1, 0.15) is 21.5 Å². The highest BCUT2D eigenvalue weighted by atomic mass is 16.2. The predicted molar refractivity (Wildman–Crippen MR) is 118 cm³/mol. The molecule has 0 aromatic heterocycles. The summed E-state index contributed by atoms with van der Waals surface area (Å²) >= 11 is 0. The van der Waals surface area contributed by atoms with Crippen LogP contribution in [0, 0.1) is 0 Å². The van der Waals surface area contributed by atoms with Crippen LogP contribution in [0.3, 0.4) is 0 Å². The van der Waals surface area contributed by atoms with Crippen LogP contribution in [0.2, 0.25) is 0 Å². The molecule has 1 heterocycles. The number of rotatable bonds is 6. The lowest BCUT2D eigenvalue weighted by Gasteiger charge is -2.33. The topological polar surface area (TPSA) is 69.7 Å². The van der Waals surface area contributed by atoms with E-state index in [2.05, 4.69) is 5.32 Å². The second-order valence-electron chi connectivity index (χ2n) is 7.38. The third kappa shape index (κ3) is 4.80. The van der Waals surface area contributed by atoms with E-state index in [-0.39, 0.29) is 5.91 Å². The van der Waals surface area contributed by atoms with Gasteiger partial charge >= 0.3 is 11.8 Å². The number of anilines is 1. The number of nitrogens with zero attached hydrogens (tertiary/aromatic N) is 2. The van der Waals surface area contributed by atoms with Crippen molar-refractivity contribution in [1.29, 1.82) is 0 Å². The molecule has 6 nitrogen and oxygen atoms in total. The highest BCUT2D eigenvalue weighted by Gasteiger charge is 2.33. The van der Waals surface area contributed by atoms with Crippen molar-refractivity contribution >= 4 is 23.4 Å². The summed E-state index contributed by atoms with van der Waals surface area (Å²) in [5.74, 6) is -1.19. The van der Waals surface area contributed by atoms with Crippen LogP contribution in [0.5, 0.6) is 0 Å². The number of benzene rings is 3. The van der Waals surface area contributed by atoms with Gasteiger partial charge in [-0.1, -0.05) is 60.7 Å². The molecule has 0 unspecified atom stereocenters. The Morgan fingerprint density at radius 1 is 0.742 bits per heavy atom. The van der Waals surface area contributed by atoms with Crippen molar-refractivity contribution in [3.63, 3.8) is 0 Å². The van der Waals surface area contributed by atoms with Gasteiger partial charge in [0.25, 0.3) is 5.91 Å². The van der Waals surface area contributed by atoms with Gasteiger partial charge in [0.2, 0.25) is 0 Å². The lowest BCUT2D eigenvalue weighted by atomic mass is 10.1. The summed E-state index contributed by atoms with van der Waals surface area (Å²) in [4.78, 5) is 40.5. The molecule has 0 atom stereocenters. The molecule has 3 amide bonds. The lowest BCUT2D eigenvalue weighted by molar-refractivity contribution is -0.146. The molecular formula is C25H23N3O3. The molecule has 6 heteroatoms. The third-order valence-corrected chi connectivity index (χ3v) is 5.26. The van der Waals surface area contributed by atoms with Crippen LogP contribution in [0.4, 0.5) is 5.69 Å². The van der Waals surface area contributed by atoms with E-state index in [9.17, 15) is 14.4 Å². The molecule has 31 heavy (non-hydrogen) atoms. The number of hydrogen-bond donors (Lipinski definition) is 1. The SMILES string of the molecule is O=C(NCc1ccccc1)c1ccc(CN2CCN(c3ccccc3)C(=O)C2=O)cc1. The Morgan fingerprint density at radius 2 is 1.39 bits per heavy atom. The van der Waals surface area contributed by atoms with Crippen molar-refractivity contribution in [2.45, 2.75) is 13.1 Å². The predicted octanol–water partition coefficient (Wildman–Crippen LogP) is 2.99. The highest BCUT2D eigenvalue weighted by Crippen LogP contribution is 2.19. The van der Waals surface area contributed by atoms with Gasteiger partial charge in [-0.15, -0.1) is 0 Å². The zero-order chi connectivity index (χ0) is 21.6. The van der Waals surface area contributed by atoms with E-state index in [1.807, 2.05) is 72.8 Å². The zero-order valence-electron chi connectivity index (χ0n) is 17.0. The summed E-state index contributed by atoms with van der Waals surface area (Å²) in [5, 5.41) is 2.90. The van der Waals surface area contributed by atoms with Crippen molar-refractivity contribution in [2.24, 2.45) is 0 Å².